The number of carbonyl (C=O) groups excluding carboxylic acids is 1. The van der Waals surface area contributed by atoms with Crippen LogP contribution in [0.15, 0.2) is 54.6 Å². The number of anilines is 2. The Hall–Kier alpha value is -3.48. The third-order valence-electron chi connectivity index (χ3n) is 5.41. The molecule has 7 heteroatoms. The molecule has 0 N–H and O–H groups in total. The van der Waals surface area contributed by atoms with E-state index in [1.807, 2.05) is 49.1 Å². The topological polar surface area (TPSA) is 52.6 Å². The highest BCUT2D eigenvalue weighted by Crippen LogP contribution is 2.29. The lowest BCUT2D eigenvalue weighted by Crippen LogP contribution is -2.38. The summed E-state index contributed by atoms with van der Waals surface area (Å²) >= 11 is 0. The van der Waals surface area contributed by atoms with Gasteiger partial charge in [-0.3, -0.25) is 4.79 Å². The van der Waals surface area contributed by atoms with Crippen LogP contribution in [-0.2, 0) is 19.5 Å². The average Bonchev–Trinajstić information content (AvgIpc) is 2.78. The smallest absolute Gasteiger partial charge is 0.254 e. The molecule has 31 heavy (non-hydrogen) atoms. The first kappa shape index (κ1) is 20.8. The molecule has 0 bridgehead atoms. The maximum atomic E-state index is 13.6. The molecule has 2 aromatic carbocycles. The number of hydrogen-bond acceptors (Lipinski definition) is 5. The monoisotopic (exact) mass is 419 g/mol. The maximum absolute atomic E-state index is 13.6. The number of rotatable bonds is 5. The molecule has 0 fully saturated rings. The van der Waals surface area contributed by atoms with Gasteiger partial charge in [-0.1, -0.05) is 36.4 Å². The fraction of sp³-hybridized carbons (Fsp3) is 0.292. The van der Waals surface area contributed by atoms with Crippen LogP contribution in [0.1, 0.15) is 27.2 Å². The van der Waals surface area contributed by atoms with Crippen LogP contribution >= 0.6 is 0 Å². The van der Waals surface area contributed by atoms with E-state index in [-0.39, 0.29) is 5.91 Å². The molecular formula is C24H26FN5O. The Kier molecular flexibility index (Phi) is 5.84. The zero-order valence-electron chi connectivity index (χ0n) is 18.0. The lowest BCUT2D eigenvalue weighted by atomic mass is 10.0. The van der Waals surface area contributed by atoms with Crippen molar-refractivity contribution < 1.29 is 9.18 Å². The van der Waals surface area contributed by atoms with E-state index in [4.69, 9.17) is 9.97 Å². The van der Waals surface area contributed by atoms with Gasteiger partial charge >= 0.3 is 0 Å². The molecule has 0 atom stereocenters. The Morgan fingerprint density at radius 3 is 2.55 bits per heavy atom. The third kappa shape index (κ3) is 4.50. The summed E-state index contributed by atoms with van der Waals surface area (Å²) in [6.45, 7) is 1.64. The number of hydrogen-bond donors (Lipinski definition) is 0. The molecule has 0 saturated heterocycles. The van der Waals surface area contributed by atoms with E-state index in [2.05, 4.69) is 12.1 Å². The molecular weight excluding hydrogens is 393 g/mol. The van der Waals surface area contributed by atoms with E-state index in [1.54, 1.807) is 17.0 Å². The van der Waals surface area contributed by atoms with E-state index in [9.17, 15) is 9.18 Å². The molecule has 0 aliphatic carbocycles. The molecule has 0 saturated carbocycles. The number of carbonyl (C=O) groups is 1. The Morgan fingerprint density at radius 2 is 1.84 bits per heavy atom. The van der Waals surface area contributed by atoms with Gasteiger partial charge in [-0.2, -0.15) is 4.98 Å². The first-order chi connectivity index (χ1) is 14.9. The average molecular weight is 420 g/mol. The van der Waals surface area contributed by atoms with Crippen molar-refractivity contribution in [3.63, 3.8) is 0 Å². The summed E-state index contributed by atoms with van der Waals surface area (Å²) in [6.07, 6.45) is 0.631. The molecule has 1 amide bonds. The Morgan fingerprint density at radius 1 is 1.06 bits per heavy atom. The molecule has 0 radical (unpaired) electrons. The predicted molar refractivity (Wildman–Crippen MR) is 120 cm³/mol. The van der Waals surface area contributed by atoms with Gasteiger partial charge in [0.2, 0.25) is 5.95 Å². The van der Waals surface area contributed by atoms with Crippen LogP contribution in [0.4, 0.5) is 16.2 Å². The van der Waals surface area contributed by atoms with Crippen LogP contribution in [0.3, 0.4) is 0 Å². The van der Waals surface area contributed by atoms with Crippen LogP contribution in [-0.4, -0.2) is 48.5 Å². The van der Waals surface area contributed by atoms with Crippen LogP contribution < -0.4 is 9.80 Å². The highest BCUT2D eigenvalue weighted by atomic mass is 19.1. The first-order valence-corrected chi connectivity index (χ1v) is 10.3. The minimum absolute atomic E-state index is 0.180. The van der Waals surface area contributed by atoms with Gasteiger partial charge < -0.3 is 14.7 Å². The van der Waals surface area contributed by atoms with Gasteiger partial charge in [-0.25, -0.2) is 9.37 Å². The summed E-state index contributed by atoms with van der Waals surface area (Å²) in [5.74, 6) is 0.875. The van der Waals surface area contributed by atoms with E-state index in [0.29, 0.717) is 37.6 Å². The van der Waals surface area contributed by atoms with Gasteiger partial charge in [0.1, 0.15) is 11.6 Å². The van der Waals surface area contributed by atoms with Crippen molar-refractivity contribution in [3.05, 3.63) is 82.8 Å². The Labute approximate surface area is 182 Å². The number of halogens is 1. The van der Waals surface area contributed by atoms with Crippen molar-refractivity contribution >= 4 is 17.7 Å². The molecule has 3 aromatic rings. The standard InChI is InChI=1S/C24H26FN5O/c1-28(2)22-20-16-30(23(31)18-10-7-11-19(25)14-18)13-12-21(20)26-24(27-22)29(3)15-17-8-5-4-6-9-17/h4-11,14H,12-13,15-16H2,1-3H3. The number of nitrogens with zero attached hydrogens (tertiary/aromatic N) is 5. The summed E-state index contributed by atoms with van der Waals surface area (Å²) < 4.78 is 13.6. The van der Waals surface area contributed by atoms with Crippen molar-refractivity contribution in [1.29, 1.82) is 0 Å². The lowest BCUT2D eigenvalue weighted by molar-refractivity contribution is 0.0733. The third-order valence-corrected chi connectivity index (χ3v) is 5.41. The van der Waals surface area contributed by atoms with E-state index >= 15 is 0 Å². The predicted octanol–water partition coefficient (Wildman–Crippen LogP) is 3.52. The fourth-order valence-corrected chi connectivity index (χ4v) is 3.83. The van der Waals surface area contributed by atoms with E-state index in [0.717, 1.165) is 17.1 Å². The van der Waals surface area contributed by atoms with E-state index < -0.39 is 5.82 Å². The molecule has 1 aliphatic rings. The zero-order valence-corrected chi connectivity index (χ0v) is 18.0. The molecule has 0 unspecified atom stereocenters. The molecule has 0 spiro atoms. The van der Waals surface area contributed by atoms with Crippen molar-refractivity contribution in [2.75, 3.05) is 37.5 Å². The van der Waals surface area contributed by atoms with Crippen LogP contribution in [0.25, 0.3) is 0 Å². The molecule has 1 aliphatic heterocycles. The van der Waals surface area contributed by atoms with Crippen LogP contribution in [0.2, 0.25) is 0 Å². The maximum Gasteiger partial charge on any atom is 0.254 e. The highest BCUT2D eigenvalue weighted by molar-refractivity contribution is 5.94. The highest BCUT2D eigenvalue weighted by Gasteiger charge is 2.27. The Bertz CT molecular complexity index is 1090. The Balaban J connectivity index is 1.60. The van der Waals surface area contributed by atoms with Gasteiger partial charge in [-0.05, 0) is 23.8 Å². The normalized spacial score (nSPS) is 13.0. The second-order valence-electron chi connectivity index (χ2n) is 8.00. The van der Waals surface area contributed by atoms with Crippen molar-refractivity contribution in [1.82, 2.24) is 14.9 Å². The van der Waals surface area contributed by atoms with Crippen molar-refractivity contribution in [3.8, 4) is 0 Å². The second-order valence-corrected chi connectivity index (χ2v) is 8.00. The molecule has 6 nitrogen and oxygen atoms in total. The lowest BCUT2D eigenvalue weighted by Gasteiger charge is -2.32. The van der Waals surface area contributed by atoms with Gasteiger partial charge in [0.15, 0.2) is 0 Å². The first-order valence-electron chi connectivity index (χ1n) is 10.3. The summed E-state index contributed by atoms with van der Waals surface area (Å²) in [4.78, 5) is 28.3. The fourth-order valence-electron chi connectivity index (χ4n) is 3.83. The minimum Gasteiger partial charge on any atom is -0.362 e. The largest absolute Gasteiger partial charge is 0.362 e. The van der Waals surface area contributed by atoms with Gasteiger partial charge in [0.25, 0.3) is 5.91 Å². The van der Waals surface area contributed by atoms with Crippen molar-refractivity contribution in [2.45, 2.75) is 19.5 Å². The number of fused-ring (bicyclic) bond motifs is 1. The number of benzene rings is 2. The molecule has 1 aromatic heterocycles. The summed E-state index contributed by atoms with van der Waals surface area (Å²) in [5, 5.41) is 0. The number of aromatic nitrogens is 2. The van der Waals surface area contributed by atoms with Crippen LogP contribution in [0, 0.1) is 5.82 Å². The second kappa shape index (κ2) is 8.71. The van der Waals surface area contributed by atoms with Crippen molar-refractivity contribution in [2.24, 2.45) is 0 Å². The van der Waals surface area contributed by atoms with Crippen LogP contribution in [0.5, 0.6) is 0 Å². The van der Waals surface area contributed by atoms with Gasteiger partial charge in [0.05, 0.1) is 12.2 Å². The van der Waals surface area contributed by atoms with E-state index in [1.165, 1.54) is 17.7 Å². The minimum atomic E-state index is -0.410. The molecule has 4 rings (SSSR count). The molecule has 160 valence electrons. The van der Waals surface area contributed by atoms with Gasteiger partial charge in [-0.15, -0.1) is 0 Å². The summed E-state index contributed by atoms with van der Waals surface area (Å²) in [7, 11) is 5.87. The number of amides is 1. The zero-order chi connectivity index (χ0) is 22.0. The SMILES string of the molecule is CN(C)c1nc(N(C)Cc2ccccc2)nc2c1CN(C(=O)c1cccc(F)c1)CC2. The summed E-state index contributed by atoms with van der Waals surface area (Å²) in [6, 6.07) is 16.0. The summed E-state index contributed by atoms with van der Waals surface area (Å²) in [5.41, 5.74) is 3.44. The molecule has 2 heterocycles. The quantitative estimate of drug-likeness (QED) is 0.633. The van der Waals surface area contributed by atoms with Gasteiger partial charge in [0, 0.05) is 51.8 Å².